The van der Waals surface area contributed by atoms with Crippen molar-refractivity contribution in [3.8, 4) is 11.4 Å². The molecule has 3 rings (SSSR count). The van der Waals surface area contributed by atoms with Crippen molar-refractivity contribution in [1.82, 2.24) is 24.5 Å². The number of hydrogen-bond donors (Lipinski definition) is 0. The predicted octanol–water partition coefficient (Wildman–Crippen LogP) is 3.71. The van der Waals surface area contributed by atoms with Crippen LogP contribution in [0.2, 0.25) is 0 Å². The number of aromatic nitrogens is 5. The minimum Gasteiger partial charge on any atom is -0.378 e. The molecule has 10 heteroatoms. The topological polar surface area (TPSA) is 51.8 Å². The molecule has 0 aliphatic carbocycles. The fourth-order valence-electron chi connectivity index (χ4n) is 2.70. The molecule has 0 saturated carbocycles. The second kappa shape index (κ2) is 7.61. The summed E-state index contributed by atoms with van der Waals surface area (Å²) >= 11 is 0. The third-order valence-electron chi connectivity index (χ3n) is 4.38. The maximum atomic E-state index is 14.5. The van der Waals surface area contributed by atoms with Crippen LogP contribution in [0.25, 0.3) is 11.4 Å². The first kappa shape index (κ1) is 19.8. The molecule has 2 heterocycles. The molecule has 1 atom stereocenters. The zero-order chi connectivity index (χ0) is 20.5. The first-order chi connectivity index (χ1) is 13.2. The Morgan fingerprint density at radius 3 is 2.54 bits per heavy atom. The van der Waals surface area contributed by atoms with E-state index < -0.39 is 18.0 Å². The van der Waals surface area contributed by atoms with Crippen molar-refractivity contribution in [1.29, 1.82) is 0 Å². The van der Waals surface area contributed by atoms with E-state index in [0.29, 0.717) is 12.2 Å². The molecule has 0 bridgehead atoms. The summed E-state index contributed by atoms with van der Waals surface area (Å²) in [4.78, 5) is 5.93. The van der Waals surface area contributed by atoms with Crippen LogP contribution in [-0.2, 0) is 13.0 Å². The first-order valence-corrected chi connectivity index (χ1v) is 8.63. The zero-order valence-corrected chi connectivity index (χ0v) is 15.7. The monoisotopic (exact) mass is 396 g/mol. The Bertz CT molecular complexity index is 930. The molecule has 1 aromatic carbocycles. The van der Waals surface area contributed by atoms with E-state index in [0.717, 1.165) is 11.6 Å². The van der Waals surface area contributed by atoms with E-state index in [1.807, 2.05) is 0 Å². The van der Waals surface area contributed by atoms with Gasteiger partial charge >= 0.3 is 6.18 Å². The first-order valence-electron chi connectivity index (χ1n) is 8.63. The van der Waals surface area contributed by atoms with E-state index in [4.69, 9.17) is 0 Å². The molecule has 0 radical (unpaired) electrons. The molecule has 1 unspecified atom stereocenters. The zero-order valence-electron chi connectivity index (χ0n) is 15.7. The lowest BCUT2D eigenvalue weighted by molar-refractivity contribution is -0.165. The third kappa shape index (κ3) is 4.15. The van der Waals surface area contributed by atoms with Gasteiger partial charge in [0.15, 0.2) is 5.82 Å². The number of rotatable bonds is 6. The Morgan fingerprint density at radius 2 is 1.96 bits per heavy atom. The summed E-state index contributed by atoms with van der Waals surface area (Å²) in [7, 11) is 3.53. The van der Waals surface area contributed by atoms with Crippen molar-refractivity contribution in [2.45, 2.75) is 32.1 Å². The summed E-state index contributed by atoms with van der Waals surface area (Å²) in [5, 5.41) is 8.02. The molecule has 6 nitrogen and oxygen atoms in total. The fraction of sp³-hybridized carbons (Fsp3) is 0.389. The molecule has 0 N–H and O–H groups in total. The van der Waals surface area contributed by atoms with E-state index in [2.05, 4.69) is 15.2 Å². The number of aryl methyl sites for hydroxylation is 2. The lowest BCUT2D eigenvalue weighted by Gasteiger charge is -2.17. The molecule has 0 aliphatic heterocycles. The highest BCUT2D eigenvalue weighted by Gasteiger charge is 2.39. The summed E-state index contributed by atoms with van der Waals surface area (Å²) in [6, 6.07) is 4.27. The maximum Gasteiger partial charge on any atom is 0.410 e. The van der Waals surface area contributed by atoms with Crippen LogP contribution < -0.4 is 4.90 Å². The highest BCUT2D eigenvalue weighted by atomic mass is 19.4. The molecular weight excluding hydrogens is 376 g/mol. The van der Waals surface area contributed by atoms with Gasteiger partial charge in [-0.2, -0.15) is 23.4 Å². The van der Waals surface area contributed by atoms with Gasteiger partial charge in [0.25, 0.3) is 0 Å². The van der Waals surface area contributed by atoms with Gasteiger partial charge in [0.1, 0.15) is 17.7 Å². The highest BCUT2D eigenvalue weighted by molar-refractivity contribution is 5.61. The number of nitrogens with zero attached hydrogens (tertiary/aromatic N) is 6. The van der Waals surface area contributed by atoms with Crippen LogP contribution in [0, 0.1) is 5.82 Å². The van der Waals surface area contributed by atoms with Crippen molar-refractivity contribution in [3.05, 3.63) is 48.3 Å². The van der Waals surface area contributed by atoms with Gasteiger partial charge < -0.3 is 4.90 Å². The Balaban J connectivity index is 1.98. The minimum atomic E-state index is -4.50. The summed E-state index contributed by atoms with van der Waals surface area (Å²) in [5.74, 6) is -0.553. The summed E-state index contributed by atoms with van der Waals surface area (Å²) < 4.78 is 56.8. The number of anilines is 1. The van der Waals surface area contributed by atoms with Gasteiger partial charge in [-0.1, -0.05) is 0 Å². The van der Waals surface area contributed by atoms with E-state index in [-0.39, 0.29) is 23.6 Å². The van der Waals surface area contributed by atoms with Gasteiger partial charge in [0.05, 0.1) is 5.56 Å². The smallest absolute Gasteiger partial charge is 0.378 e. The fourth-order valence-corrected chi connectivity index (χ4v) is 2.70. The summed E-state index contributed by atoms with van der Waals surface area (Å²) in [6.45, 7) is 1.33. The Hall–Kier alpha value is -2.91. The summed E-state index contributed by atoms with van der Waals surface area (Å²) in [6.07, 6.45) is -1.05. The number of halogens is 4. The third-order valence-corrected chi connectivity index (χ3v) is 4.38. The van der Waals surface area contributed by atoms with Crippen molar-refractivity contribution >= 4 is 5.69 Å². The van der Waals surface area contributed by atoms with Gasteiger partial charge in [-0.15, -0.1) is 0 Å². The molecule has 3 aromatic rings. The lowest BCUT2D eigenvalue weighted by atomic mass is 10.1. The lowest BCUT2D eigenvalue weighted by Crippen LogP contribution is -2.26. The van der Waals surface area contributed by atoms with Crippen molar-refractivity contribution in [2.75, 3.05) is 19.0 Å². The second-order valence-corrected chi connectivity index (χ2v) is 6.59. The maximum absolute atomic E-state index is 14.5. The number of benzene rings is 1. The largest absolute Gasteiger partial charge is 0.410 e. The van der Waals surface area contributed by atoms with Crippen LogP contribution in [0.15, 0.2) is 36.7 Å². The van der Waals surface area contributed by atoms with Gasteiger partial charge in [-0.25, -0.2) is 14.1 Å². The Morgan fingerprint density at radius 1 is 1.21 bits per heavy atom. The standard InChI is InChI=1S/C18H20F4N6/c1-12(18(20,21)22)28-16(7-10-27-9-4-8-23-27)24-17(25-28)14-6-5-13(26(2)3)11-15(14)19/h4-6,8-9,11-12H,7,10H2,1-3H3. The van der Waals surface area contributed by atoms with Crippen molar-refractivity contribution in [3.63, 3.8) is 0 Å². The van der Waals surface area contributed by atoms with Gasteiger partial charge in [0.2, 0.25) is 0 Å². The quantitative estimate of drug-likeness (QED) is 0.596. The molecular formula is C18H20F4N6. The highest BCUT2D eigenvalue weighted by Crippen LogP contribution is 2.32. The molecule has 0 spiro atoms. The molecule has 2 aromatic heterocycles. The molecule has 0 aliphatic rings. The Kier molecular flexibility index (Phi) is 5.39. The van der Waals surface area contributed by atoms with Gasteiger partial charge in [-0.05, 0) is 31.2 Å². The van der Waals surface area contributed by atoms with Crippen LogP contribution in [0.1, 0.15) is 18.8 Å². The van der Waals surface area contributed by atoms with Crippen molar-refractivity contribution < 1.29 is 17.6 Å². The van der Waals surface area contributed by atoms with E-state index in [1.165, 1.54) is 12.1 Å². The van der Waals surface area contributed by atoms with Crippen LogP contribution >= 0.6 is 0 Å². The van der Waals surface area contributed by atoms with Gasteiger partial charge in [0, 0.05) is 45.1 Å². The predicted molar refractivity (Wildman–Crippen MR) is 96.4 cm³/mol. The van der Waals surface area contributed by atoms with E-state index >= 15 is 0 Å². The SMILES string of the molecule is CC(n1nc(-c2ccc(N(C)C)cc2F)nc1CCn1cccn1)C(F)(F)F. The van der Waals surface area contributed by atoms with Crippen LogP contribution in [0.4, 0.5) is 23.2 Å². The Labute approximate surface area is 159 Å². The van der Waals surface area contributed by atoms with Crippen LogP contribution in [0.3, 0.4) is 0 Å². The van der Waals surface area contributed by atoms with E-state index in [1.54, 1.807) is 48.2 Å². The van der Waals surface area contributed by atoms with Gasteiger partial charge in [-0.3, -0.25) is 4.68 Å². The molecule has 0 fully saturated rings. The number of alkyl halides is 3. The van der Waals surface area contributed by atoms with Crippen LogP contribution in [0.5, 0.6) is 0 Å². The van der Waals surface area contributed by atoms with Crippen molar-refractivity contribution in [2.24, 2.45) is 0 Å². The normalized spacial score (nSPS) is 13.0. The molecule has 150 valence electrons. The summed E-state index contributed by atoms with van der Waals surface area (Å²) in [5.41, 5.74) is 0.683. The average Bonchev–Trinajstić information content (AvgIpc) is 3.27. The average molecular weight is 396 g/mol. The number of hydrogen-bond acceptors (Lipinski definition) is 4. The van der Waals surface area contributed by atoms with E-state index in [9.17, 15) is 17.6 Å². The minimum absolute atomic E-state index is 0.0547. The molecule has 28 heavy (non-hydrogen) atoms. The molecule has 0 saturated heterocycles. The van der Waals surface area contributed by atoms with Crippen LogP contribution in [-0.4, -0.2) is 44.8 Å². The molecule has 0 amide bonds. The second-order valence-electron chi connectivity index (χ2n) is 6.59.